The molecule has 0 aliphatic heterocycles. The Morgan fingerprint density at radius 3 is 2.65 bits per heavy atom. The Morgan fingerprint density at radius 1 is 1.35 bits per heavy atom. The van der Waals surface area contributed by atoms with Crippen LogP contribution in [0.15, 0.2) is 30.3 Å². The van der Waals surface area contributed by atoms with Gasteiger partial charge in [0, 0.05) is 11.8 Å². The standard InChI is InChI=1S/C16H20N4O2S/c1-3-4-12(2)15-9-16(19-18-15)20-23(21,22)11-14-7-5-13(10-17)6-8-14/h5-9,12H,3-4,11H2,1-2H3,(H2,18,19,20)/t12-/m1/s1. The van der Waals surface area contributed by atoms with Gasteiger partial charge in [-0.15, -0.1) is 0 Å². The second kappa shape index (κ2) is 7.29. The predicted octanol–water partition coefficient (Wildman–Crippen LogP) is 3.13. The SMILES string of the molecule is CCC[C@@H](C)c1cc(NS(=O)(=O)Cc2ccc(C#N)cc2)n[nH]1. The van der Waals surface area contributed by atoms with Gasteiger partial charge in [0.05, 0.1) is 17.4 Å². The van der Waals surface area contributed by atoms with Crippen molar-refractivity contribution in [3.8, 4) is 6.07 Å². The van der Waals surface area contributed by atoms with Gasteiger partial charge in [0.25, 0.3) is 0 Å². The van der Waals surface area contributed by atoms with E-state index in [2.05, 4.69) is 28.8 Å². The highest BCUT2D eigenvalue weighted by atomic mass is 32.2. The number of benzene rings is 1. The predicted molar refractivity (Wildman–Crippen MR) is 89.3 cm³/mol. The molecule has 2 aromatic rings. The van der Waals surface area contributed by atoms with E-state index in [1.165, 1.54) is 0 Å². The van der Waals surface area contributed by atoms with Crippen molar-refractivity contribution >= 4 is 15.8 Å². The molecule has 1 atom stereocenters. The van der Waals surface area contributed by atoms with E-state index in [0.717, 1.165) is 18.5 Å². The maximum Gasteiger partial charge on any atom is 0.238 e. The minimum atomic E-state index is -3.55. The molecule has 0 saturated carbocycles. The number of H-pyrrole nitrogens is 1. The molecule has 2 N–H and O–H groups in total. The number of aromatic nitrogens is 2. The van der Waals surface area contributed by atoms with E-state index in [0.29, 0.717) is 22.9 Å². The largest absolute Gasteiger partial charge is 0.280 e. The van der Waals surface area contributed by atoms with Crippen LogP contribution in [0.25, 0.3) is 0 Å². The summed E-state index contributed by atoms with van der Waals surface area (Å²) < 4.78 is 26.9. The number of anilines is 1. The van der Waals surface area contributed by atoms with Crippen LogP contribution in [0.3, 0.4) is 0 Å². The van der Waals surface area contributed by atoms with Crippen LogP contribution in [-0.4, -0.2) is 18.6 Å². The number of hydrogen-bond acceptors (Lipinski definition) is 4. The summed E-state index contributed by atoms with van der Waals surface area (Å²) in [5, 5.41) is 15.6. The van der Waals surface area contributed by atoms with E-state index in [-0.39, 0.29) is 5.75 Å². The number of nitrogens with one attached hydrogen (secondary N) is 2. The summed E-state index contributed by atoms with van der Waals surface area (Å²) in [7, 11) is -3.55. The van der Waals surface area contributed by atoms with Gasteiger partial charge in [0.1, 0.15) is 0 Å². The van der Waals surface area contributed by atoms with Crippen LogP contribution in [0.2, 0.25) is 0 Å². The summed E-state index contributed by atoms with van der Waals surface area (Å²) in [5.74, 6) is 0.451. The minimum Gasteiger partial charge on any atom is -0.280 e. The van der Waals surface area contributed by atoms with Gasteiger partial charge in [-0.05, 0) is 30.0 Å². The third-order valence-corrected chi connectivity index (χ3v) is 4.78. The Hall–Kier alpha value is -2.33. The molecule has 122 valence electrons. The first-order chi connectivity index (χ1) is 10.9. The number of aromatic amines is 1. The van der Waals surface area contributed by atoms with Crippen molar-refractivity contribution in [1.82, 2.24) is 10.2 Å². The van der Waals surface area contributed by atoms with Crippen LogP contribution in [0, 0.1) is 11.3 Å². The Labute approximate surface area is 136 Å². The maximum absolute atomic E-state index is 12.2. The lowest BCUT2D eigenvalue weighted by Crippen LogP contribution is -2.15. The Morgan fingerprint density at radius 2 is 2.04 bits per heavy atom. The van der Waals surface area contributed by atoms with Crippen molar-refractivity contribution in [2.75, 3.05) is 4.72 Å². The van der Waals surface area contributed by atoms with Crippen molar-refractivity contribution in [1.29, 1.82) is 5.26 Å². The third-order valence-electron chi connectivity index (χ3n) is 3.55. The number of sulfonamides is 1. The van der Waals surface area contributed by atoms with Crippen molar-refractivity contribution in [3.63, 3.8) is 0 Å². The monoisotopic (exact) mass is 332 g/mol. The van der Waals surface area contributed by atoms with Crippen molar-refractivity contribution in [3.05, 3.63) is 47.2 Å². The third kappa shape index (κ3) is 4.83. The molecule has 1 aromatic carbocycles. The van der Waals surface area contributed by atoms with Crippen molar-refractivity contribution in [2.24, 2.45) is 0 Å². The number of nitriles is 1. The molecule has 2 rings (SSSR count). The van der Waals surface area contributed by atoms with Crippen LogP contribution < -0.4 is 4.72 Å². The molecular formula is C16H20N4O2S. The van der Waals surface area contributed by atoms with Crippen LogP contribution in [0.5, 0.6) is 0 Å². The van der Waals surface area contributed by atoms with Gasteiger partial charge in [-0.1, -0.05) is 32.4 Å². The van der Waals surface area contributed by atoms with Gasteiger partial charge in [0.2, 0.25) is 10.0 Å². The second-order valence-corrected chi connectivity index (χ2v) is 7.29. The van der Waals surface area contributed by atoms with Gasteiger partial charge in [-0.25, -0.2) is 8.42 Å². The highest BCUT2D eigenvalue weighted by Crippen LogP contribution is 2.21. The molecule has 0 aliphatic carbocycles. The second-order valence-electron chi connectivity index (χ2n) is 5.57. The normalized spacial score (nSPS) is 12.6. The molecule has 0 unspecified atom stereocenters. The molecule has 6 nitrogen and oxygen atoms in total. The first-order valence-electron chi connectivity index (χ1n) is 7.48. The molecule has 23 heavy (non-hydrogen) atoms. The Kier molecular flexibility index (Phi) is 5.40. The average molecular weight is 332 g/mol. The molecule has 0 fully saturated rings. The topological polar surface area (TPSA) is 98.6 Å². The first kappa shape index (κ1) is 17.0. The number of hydrogen-bond donors (Lipinski definition) is 2. The van der Waals surface area contributed by atoms with Crippen molar-refractivity contribution in [2.45, 2.75) is 38.4 Å². The fourth-order valence-electron chi connectivity index (χ4n) is 2.32. The Balaban J connectivity index is 2.04. The summed E-state index contributed by atoms with van der Waals surface area (Å²) in [6.07, 6.45) is 2.07. The molecule has 0 aliphatic rings. The molecule has 0 bridgehead atoms. The lowest BCUT2D eigenvalue weighted by molar-refractivity contribution is 0.600. The van der Waals surface area contributed by atoms with Crippen molar-refractivity contribution < 1.29 is 8.42 Å². The molecule has 0 saturated heterocycles. The van der Waals surface area contributed by atoms with Crippen LogP contribution in [0.4, 0.5) is 5.82 Å². The minimum absolute atomic E-state index is 0.161. The highest BCUT2D eigenvalue weighted by Gasteiger charge is 2.15. The smallest absolute Gasteiger partial charge is 0.238 e. The fraction of sp³-hybridized carbons (Fsp3) is 0.375. The zero-order valence-electron chi connectivity index (χ0n) is 13.2. The summed E-state index contributed by atoms with van der Waals surface area (Å²) in [6, 6.07) is 10.2. The maximum atomic E-state index is 12.2. The van der Waals surface area contributed by atoms with Gasteiger partial charge in [-0.2, -0.15) is 10.4 Å². The lowest BCUT2D eigenvalue weighted by Gasteiger charge is -2.06. The van der Waals surface area contributed by atoms with E-state index >= 15 is 0 Å². The lowest BCUT2D eigenvalue weighted by atomic mass is 10.0. The zero-order valence-corrected chi connectivity index (χ0v) is 14.0. The molecule has 1 aromatic heterocycles. The first-order valence-corrected chi connectivity index (χ1v) is 9.13. The van der Waals surface area contributed by atoms with E-state index in [4.69, 9.17) is 5.26 Å². The van der Waals surface area contributed by atoms with E-state index < -0.39 is 10.0 Å². The molecule has 7 heteroatoms. The van der Waals surface area contributed by atoms with E-state index in [1.54, 1.807) is 30.3 Å². The van der Waals surface area contributed by atoms with Gasteiger partial charge >= 0.3 is 0 Å². The molecular weight excluding hydrogens is 312 g/mol. The van der Waals surface area contributed by atoms with Crippen LogP contribution >= 0.6 is 0 Å². The highest BCUT2D eigenvalue weighted by molar-refractivity contribution is 7.91. The fourth-order valence-corrected chi connectivity index (χ4v) is 3.45. The van der Waals surface area contributed by atoms with Crippen LogP contribution in [0.1, 0.15) is 49.4 Å². The molecule has 0 radical (unpaired) electrons. The van der Waals surface area contributed by atoms with Gasteiger partial charge in [0.15, 0.2) is 5.82 Å². The molecule has 0 spiro atoms. The quantitative estimate of drug-likeness (QED) is 0.813. The van der Waals surface area contributed by atoms with Gasteiger partial charge in [-0.3, -0.25) is 9.82 Å². The molecule has 1 heterocycles. The Bertz CT molecular complexity index is 788. The number of nitrogens with zero attached hydrogens (tertiary/aromatic N) is 2. The number of rotatable bonds is 7. The molecule has 0 amide bonds. The zero-order chi connectivity index (χ0) is 16.9. The van der Waals surface area contributed by atoms with Gasteiger partial charge < -0.3 is 0 Å². The summed E-state index contributed by atoms with van der Waals surface area (Å²) in [6.45, 7) is 4.18. The van der Waals surface area contributed by atoms with E-state index in [9.17, 15) is 8.42 Å². The summed E-state index contributed by atoms with van der Waals surface area (Å²) in [5.41, 5.74) is 2.04. The van der Waals surface area contributed by atoms with Crippen LogP contribution in [-0.2, 0) is 15.8 Å². The summed E-state index contributed by atoms with van der Waals surface area (Å²) >= 11 is 0. The summed E-state index contributed by atoms with van der Waals surface area (Å²) in [4.78, 5) is 0. The van der Waals surface area contributed by atoms with E-state index in [1.807, 2.05) is 6.07 Å². The average Bonchev–Trinajstić information content (AvgIpc) is 2.95.